The van der Waals surface area contributed by atoms with E-state index in [1.807, 2.05) is 6.08 Å². The summed E-state index contributed by atoms with van der Waals surface area (Å²) in [4.78, 5) is 11.5. The first-order chi connectivity index (χ1) is 10.5. The van der Waals surface area contributed by atoms with Crippen LogP contribution in [0.5, 0.6) is 0 Å². The second-order valence-electron chi connectivity index (χ2n) is 8.14. The van der Waals surface area contributed by atoms with Crippen LogP contribution in [0, 0.1) is 28.6 Å². The standard InChI is InChI=1S/C20H25BrO/c1-3-5-14(6-4-2)10-19(7-8-22)16-9-15-11-18(21)12-17(19)20(15,16)13-18/h3-6,8,15-17H,1,7,9-13H2,2H3/b6-4-,14-5+/t15?,16?,17?,18?,19-,20?/m0/s1. The van der Waals surface area contributed by atoms with Crippen molar-refractivity contribution in [1.29, 1.82) is 0 Å². The van der Waals surface area contributed by atoms with Gasteiger partial charge < -0.3 is 4.79 Å². The first kappa shape index (κ1) is 14.9. The lowest BCUT2D eigenvalue weighted by molar-refractivity contribution is -0.287. The van der Waals surface area contributed by atoms with Gasteiger partial charge in [-0.15, -0.1) is 0 Å². The summed E-state index contributed by atoms with van der Waals surface area (Å²) in [6.07, 6.45) is 16.7. The highest BCUT2D eigenvalue weighted by Crippen LogP contribution is 2.90. The smallest absolute Gasteiger partial charge is 0.120 e. The van der Waals surface area contributed by atoms with Crippen molar-refractivity contribution >= 4 is 22.2 Å². The summed E-state index contributed by atoms with van der Waals surface area (Å²) in [6, 6.07) is 0. The van der Waals surface area contributed by atoms with Crippen LogP contribution in [0.25, 0.3) is 0 Å². The molecule has 0 radical (unpaired) electrons. The Morgan fingerprint density at radius 2 is 2.18 bits per heavy atom. The summed E-state index contributed by atoms with van der Waals surface area (Å²) < 4.78 is 0.393. The maximum absolute atomic E-state index is 11.5. The third kappa shape index (κ3) is 1.58. The Labute approximate surface area is 142 Å². The number of rotatable bonds is 6. The van der Waals surface area contributed by atoms with Crippen LogP contribution < -0.4 is 0 Å². The van der Waals surface area contributed by atoms with Gasteiger partial charge in [0, 0.05) is 10.7 Å². The molecule has 1 spiro atoms. The average molecular weight is 361 g/mol. The molecule has 0 aromatic carbocycles. The van der Waals surface area contributed by atoms with Gasteiger partial charge in [-0.25, -0.2) is 0 Å². The van der Waals surface area contributed by atoms with E-state index in [0.717, 1.165) is 30.6 Å². The van der Waals surface area contributed by atoms with Gasteiger partial charge in [-0.3, -0.25) is 0 Å². The Morgan fingerprint density at radius 3 is 2.82 bits per heavy atom. The maximum Gasteiger partial charge on any atom is 0.120 e. The average Bonchev–Trinajstić information content (AvgIpc) is 2.90. The molecule has 0 aromatic heterocycles. The van der Waals surface area contributed by atoms with Crippen molar-refractivity contribution in [3.8, 4) is 0 Å². The Morgan fingerprint density at radius 1 is 1.36 bits per heavy atom. The highest BCUT2D eigenvalue weighted by atomic mass is 79.9. The molecule has 22 heavy (non-hydrogen) atoms. The molecule has 4 saturated carbocycles. The molecular formula is C20H25BrO. The molecule has 118 valence electrons. The fraction of sp³-hybridized carbons (Fsp3) is 0.650. The van der Waals surface area contributed by atoms with Crippen LogP contribution >= 0.6 is 15.9 Å². The minimum Gasteiger partial charge on any atom is -0.303 e. The third-order valence-electron chi connectivity index (χ3n) is 7.48. The van der Waals surface area contributed by atoms with E-state index in [2.05, 4.69) is 47.7 Å². The van der Waals surface area contributed by atoms with Gasteiger partial charge in [0.05, 0.1) is 0 Å². The molecule has 0 N–H and O–H groups in total. The predicted octanol–water partition coefficient (Wildman–Crippen LogP) is 5.22. The van der Waals surface area contributed by atoms with E-state index < -0.39 is 0 Å². The van der Waals surface area contributed by atoms with Crippen LogP contribution in [-0.2, 0) is 4.79 Å². The van der Waals surface area contributed by atoms with Crippen LogP contribution in [0.2, 0.25) is 0 Å². The lowest BCUT2D eigenvalue weighted by Gasteiger charge is -2.77. The van der Waals surface area contributed by atoms with Crippen molar-refractivity contribution in [3.05, 3.63) is 36.5 Å². The number of hydrogen-bond acceptors (Lipinski definition) is 1. The van der Waals surface area contributed by atoms with Crippen molar-refractivity contribution < 1.29 is 4.79 Å². The summed E-state index contributed by atoms with van der Waals surface area (Å²) in [5.74, 6) is 2.46. The summed E-state index contributed by atoms with van der Waals surface area (Å²) in [5, 5.41) is 0. The highest BCUT2D eigenvalue weighted by molar-refractivity contribution is 9.10. The van der Waals surface area contributed by atoms with E-state index in [4.69, 9.17) is 0 Å². The summed E-state index contributed by atoms with van der Waals surface area (Å²) in [6.45, 7) is 5.92. The fourth-order valence-corrected chi connectivity index (χ4v) is 8.34. The van der Waals surface area contributed by atoms with Crippen LogP contribution in [0.1, 0.15) is 45.4 Å². The van der Waals surface area contributed by atoms with E-state index >= 15 is 0 Å². The Bertz CT molecular complexity index is 591. The quantitative estimate of drug-likeness (QED) is 0.360. The number of hydrogen-bond donors (Lipinski definition) is 0. The molecule has 4 aliphatic carbocycles. The molecule has 0 saturated heterocycles. The van der Waals surface area contributed by atoms with Crippen molar-refractivity contribution in [2.75, 3.05) is 0 Å². The Kier molecular flexibility index (Phi) is 3.18. The topological polar surface area (TPSA) is 17.1 Å². The zero-order valence-electron chi connectivity index (χ0n) is 13.4. The minimum absolute atomic E-state index is 0.225. The van der Waals surface area contributed by atoms with Crippen molar-refractivity contribution in [2.45, 2.75) is 49.8 Å². The third-order valence-corrected chi connectivity index (χ3v) is 8.41. The normalized spacial score (nSPS) is 51.4. The zero-order valence-corrected chi connectivity index (χ0v) is 14.9. The second kappa shape index (κ2) is 4.69. The molecule has 1 nitrogen and oxygen atoms in total. The monoisotopic (exact) mass is 360 g/mol. The molecule has 4 rings (SSSR count). The van der Waals surface area contributed by atoms with E-state index in [1.165, 1.54) is 37.5 Å². The van der Waals surface area contributed by atoms with Gasteiger partial charge in [-0.1, -0.05) is 46.8 Å². The lowest BCUT2D eigenvalue weighted by atomic mass is 9.27. The number of aldehydes is 1. The molecule has 4 fully saturated rings. The van der Waals surface area contributed by atoms with Crippen LogP contribution in [0.4, 0.5) is 0 Å². The Balaban J connectivity index is 1.67. The fourth-order valence-electron chi connectivity index (χ4n) is 7.14. The molecule has 0 aromatic rings. The lowest BCUT2D eigenvalue weighted by Crippen LogP contribution is -2.72. The number of carbonyl (C=O) groups is 1. The molecule has 0 amide bonds. The molecule has 6 atom stereocenters. The first-order valence-corrected chi connectivity index (χ1v) is 9.41. The molecule has 0 heterocycles. The largest absolute Gasteiger partial charge is 0.303 e. The van der Waals surface area contributed by atoms with E-state index in [0.29, 0.717) is 9.74 Å². The van der Waals surface area contributed by atoms with Crippen molar-refractivity contribution in [1.82, 2.24) is 0 Å². The van der Waals surface area contributed by atoms with E-state index in [9.17, 15) is 4.79 Å². The van der Waals surface area contributed by atoms with Gasteiger partial charge in [0.1, 0.15) is 6.29 Å². The van der Waals surface area contributed by atoms with E-state index in [-0.39, 0.29) is 5.41 Å². The maximum atomic E-state index is 11.5. The van der Waals surface area contributed by atoms with Gasteiger partial charge >= 0.3 is 0 Å². The first-order valence-electron chi connectivity index (χ1n) is 8.61. The minimum atomic E-state index is 0.225. The summed E-state index contributed by atoms with van der Waals surface area (Å²) in [5.41, 5.74) is 2.16. The molecular weight excluding hydrogens is 336 g/mol. The molecule has 0 aliphatic heterocycles. The highest BCUT2D eigenvalue weighted by Gasteiger charge is 2.84. The zero-order chi connectivity index (χ0) is 15.6. The summed E-state index contributed by atoms with van der Waals surface area (Å²) >= 11 is 4.07. The van der Waals surface area contributed by atoms with Crippen molar-refractivity contribution in [2.24, 2.45) is 28.6 Å². The van der Waals surface area contributed by atoms with Gasteiger partial charge in [-0.05, 0) is 73.2 Å². The number of allylic oxidation sites excluding steroid dienone is 5. The number of fused-ring (bicyclic) bond motifs is 1. The molecule has 2 bridgehead atoms. The SMILES string of the molecule is C=C/C=C(\C=C/C)C[C@@]1(CC=O)C2CC3CC4(Br)CC1C32C4. The van der Waals surface area contributed by atoms with Crippen LogP contribution in [0.15, 0.2) is 36.5 Å². The second-order valence-corrected chi connectivity index (χ2v) is 9.83. The number of halogens is 1. The van der Waals surface area contributed by atoms with Crippen LogP contribution in [0.3, 0.4) is 0 Å². The van der Waals surface area contributed by atoms with E-state index in [1.54, 1.807) is 0 Å². The van der Waals surface area contributed by atoms with Crippen LogP contribution in [-0.4, -0.2) is 10.6 Å². The Hall–Kier alpha value is -0.630. The summed E-state index contributed by atoms with van der Waals surface area (Å²) in [7, 11) is 0. The number of carbonyl (C=O) groups excluding carboxylic acids is 1. The van der Waals surface area contributed by atoms with Gasteiger partial charge in [0.25, 0.3) is 0 Å². The molecule has 2 heteroatoms. The van der Waals surface area contributed by atoms with Gasteiger partial charge in [0.15, 0.2) is 0 Å². The van der Waals surface area contributed by atoms with Gasteiger partial charge in [0.2, 0.25) is 0 Å². The van der Waals surface area contributed by atoms with Crippen molar-refractivity contribution in [3.63, 3.8) is 0 Å². The molecule has 5 unspecified atom stereocenters. The molecule has 4 aliphatic rings. The van der Waals surface area contributed by atoms with Gasteiger partial charge in [-0.2, -0.15) is 0 Å². The predicted molar refractivity (Wildman–Crippen MR) is 93.9 cm³/mol. The number of alkyl halides is 1.